The summed E-state index contributed by atoms with van der Waals surface area (Å²) in [5.74, 6) is -0.463. The van der Waals surface area contributed by atoms with Crippen LogP contribution in [0, 0.1) is 0 Å². The number of thioether (sulfide) groups is 1. The van der Waals surface area contributed by atoms with Crippen LogP contribution in [-0.4, -0.2) is 52.7 Å². The molecule has 5 N–H and O–H groups in total. The number of phenols is 1. The molecule has 0 spiro atoms. The molecule has 0 bridgehead atoms. The van der Waals surface area contributed by atoms with E-state index in [0.29, 0.717) is 5.75 Å². The maximum Gasteiger partial charge on any atom is 0.339 e. The lowest BCUT2D eigenvalue weighted by atomic mass is 10.2. The number of aromatic hydroxyl groups is 1. The zero-order valence-electron chi connectivity index (χ0n) is 24.0. The van der Waals surface area contributed by atoms with Gasteiger partial charge in [0.15, 0.2) is 0 Å². The van der Waals surface area contributed by atoms with E-state index in [0.717, 1.165) is 57.1 Å². The highest BCUT2D eigenvalue weighted by molar-refractivity contribution is 7.99. The fraction of sp³-hybridized carbons (Fsp3) is 0.406. The number of nitrogens with one attached hydrogen (secondary N) is 3. The normalized spacial score (nSPS) is 11.8. The summed E-state index contributed by atoms with van der Waals surface area (Å²) >= 11 is 1.59. The van der Waals surface area contributed by atoms with E-state index in [1.54, 1.807) is 11.8 Å². The van der Waals surface area contributed by atoms with Gasteiger partial charge in [-0.3, -0.25) is 4.79 Å². The molecule has 3 amide bonds. The fourth-order valence-electron chi connectivity index (χ4n) is 3.39. The molecule has 0 saturated carbocycles. The first-order chi connectivity index (χ1) is 19.9. The molecule has 1 aromatic carbocycles. The van der Waals surface area contributed by atoms with E-state index in [4.69, 9.17) is 5.11 Å². The van der Waals surface area contributed by atoms with Gasteiger partial charge in [0.05, 0.1) is 5.75 Å². The highest BCUT2D eigenvalue weighted by atomic mass is 32.2. The zero-order valence-corrected chi connectivity index (χ0v) is 24.8. The highest BCUT2D eigenvalue weighted by Gasteiger charge is 2.11. The third-order valence-electron chi connectivity index (χ3n) is 5.52. The van der Waals surface area contributed by atoms with Gasteiger partial charge in [0.25, 0.3) is 0 Å². The van der Waals surface area contributed by atoms with Crippen molar-refractivity contribution in [3.63, 3.8) is 0 Å². The standard InChI is InChI=1S/C32H45N3O5S/c1-2-3-4-5-6-7-8-9-10-11-12-13-14-15-16-17-18-19-24-41-26-30(37)33-22-23-34-32(40)35-27-20-21-29(36)28(25-27)31(38)39/h3-4,6-7,9-10,12-13,15-16,20-21,25,36H,2,5,8,11,14,17-19,22-24,26H2,1H3,(H,33,37)(H,38,39)(H2,34,35,40)/b4-3-,7-6-,10-9-,13-12-,16-15-. The molecule has 0 radical (unpaired) electrons. The summed E-state index contributed by atoms with van der Waals surface area (Å²) in [6.45, 7) is 2.65. The first kappa shape index (κ1) is 35.3. The zero-order chi connectivity index (χ0) is 30.0. The average Bonchev–Trinajstić information content (AvgIpc) is 2.95. The Balaban J connectivity index is 1.97. The third-order valence-corrected chi connectivity index (χ3v) is 6.56. The maximum absolute atomic E-state index is 11.9. The molecule has 0 aromatic heterocycles. The number of allylic oxidation sites excluding steroid dienone is 10. The van der Waals surface area contributed by atoms with E-state index in [9.17, 15) is 19.5 Å². The summed E-state index contributed by atoms with van der Waals surface area (Å²) in [5.41, 5.74) is -0.0683. The van der Waals surface area contributed by atoms with Gasteiger partial charge in [-0.1, -0.05) is 67.7 Å². The molecule has 9 heteroatoms. The number of carboxylic acids is 1. The number of unbranched alkanes of at least 4 members (excludes halogenated alkanes) is 2. The van der Waals surface area contributed by atoms with E-state index in [1.165, 1.54) is 18.2 Å². The Morgan fingerprint density at radius 2 is 1.39 bits per heavy atom. The lowest BCUT2D eigenvalue weighted by Gasteiger charge is -2.09. The molecule has 8 nitrogen and oxygen atoms in total. The number of urea groups is 1. The van der Waals surface area contributed by atoms with Crippen molar-refractivity contribution in [3.8, 4) is 5.75 Å². The molecule has 0 aliphatic carbocycles. The number of carbonyl (C=O) groups excluding carboxylic acids is 2. The number of carboxylic acid groups (broad SMARTS) is 1. The van der Waals surface area contributed by atoms with Crippen molar-refractivity contribution in [2.24, 2.45) is 0 Å². The van der Waals surface area contributed by atoms with Crippen LogP contribution in [0.5, 0.6) is 5.75 Å². The fourth-order valence-corrected chi connectivity index (χ4v) is 4.23. The highest BCUT2D eigenvalue weighted by Crippen LogP contribution is 2.21. The SMILES string of the molecule is CC/C=C\C/C=C\C/C=C\C/C=C\C/C=C\CCCCSCC(=O)NCCNC(=O)Nc1ccc(O)c(C(=O)O)c1. The lowest BCUT2D eigenvalue weighted by Crippen LogP contribution is -2.37. The van der Waals surface area contributed by atoms with E-state index < -0.39 is 12.0 Å². The minimum absolute atomic E-state index is 0.0836. The summed E-state index contributed by atoms with van der Waals surface area (Å²) in [6, 6.07) is 3.22. The summed E-state index contributed by atoms with van der Waals surface area (Å²) in [6.07, 6.45) is 30.1. The predicted molar refractivity (Wildman–Crippen MR) is 171 cm³/mol. The van der Waals surface area contributed by atoms with Crippen molar-refractivity contribution in [2.75, 3.05) is 29.9 Å². The van der Waals surface area contributed by atoms with Crippen LogP contribution in [0.15, 0.2) is 79.0 Å². The van der Waals surface area contributed by atoms with Crippen molar-refractivity contribution >= 4 is 35.4 Å². The van der Waals surface area contributed by atoms with E-state index >= 15 is 0 Å². The molecular formula is C32H45N3O5S. The van der Waals surface area contributed by atoms with Crippen LogP contribution in [0.4, 0.5) is 10.5 Å². The Morgan fingerprint density at radius 1 is 0.805 bits per heavy atom. The first-order valence-corrected chi connectivity index (χ1v) is 15.3. The Bertz CT molecular complexity index is 1060. The predicted octanol–water partition coefficient (Wildman–Crippen LogP) is 6.98. The van der Waals surface area contributed by atoms with E-state index in [1.807, 2.05) is 0 Å². The maximum atomic E-state index is 11.9. The number of rotatable bonds is 21. The molecule has 0 heterocycles. The van der Waals surface area contributed by atoms with Gasteiger partial charge in [-0.05, 0) is 75.3 Å². The molecule has 0 aliphatic rings. The molecule has 224 valence electrons. The lowest BCUT2D eigenvalue weighted by molar-refractivity contribution is -0.118. The molecule has 1 aromatic rings. The minimum Gasteiger partial charge on any atom is -0.507 e. The first-order valence-electron chi connectivity index (χ1n) is 14.1. The Morgan fingerprint density at radius 3 is 2.00 bits per heavy atom. The average molecular weight is 584 g/mol. The van der Waals surface area contributed by atoms with Crippen molar-refractivity contribution < 1.29 is 24.6 Å². The number of amides is 3. The van der Waals surface area contributed by atoms with Crippen LogP contribution in [0.25, 0.3) is 0 Å². The van der Waals surface area contributed by atoms with Gasteiger partial charge in [0.1, 0.15) is 11.3 Å². The number of benzene rings is 1. The van der Waals surface area contributed by atoms with Crippen molar-refractivity contribution in [3.05, 3.63) is 84.5 Å². The summed E-state index contributed by atoms with van der Waals surface area (Å²) in [4.78, 5) is 34.9. The topological polar surface area (TPSA) is 128 Å². The number of anilines is 1. The van der Waals surface area contributed by atoms with Gasteiger partial charge in [-0.15, -0.1) is 0 Å². The van der Waals surface area contributed by atoms with Crippen LogP contribution < -0.4 is 16.0 Å². The van der Waals surface area contributed by atoms with E-state index in [-0.39, 0.29) is 36.0 Å². The van der Waals surface area contributed by atoms with Gasteiger partial charge >= 0.3 is 12.0 Å². The van der Waals surface area contributed by atoms with Gasteiger partial charge < -0.3 is 26.2 Å². The van der Waals surface area contributed by atoms with Gasteiger partial charge in [-0.2, -0.15) is 11.8 Å². The third kappa shape index (κ3) is 19.9. The molecule has 0 unspecified atom stereocenters. The van der Waals surface area contributed by atoms with Crippen LogP contribution in [0.2, 0.25) is 0 Å². The summed E-state index contributed by atoms with van der Waals surface area (Å²) < 4.78 is 0. The minimum atomic E-state index is -1.29. The summed E-state index contributed by atoms with van der Waals surface area (Å²) in [7, 11) is 0. The monoisotopic (exact) mass is 583 g/mol. The smallest absolute Gasteiger partial charge is 0.339 e. The van der Waals surface area contributed by atoms with Crippen LogP contribution in [0.1, 0.15) is 68.6 Å². The van der Waals surface area contributed by atoms with Crippen LogP contribution >= 0.6 is 11.8 Å². The Kier molecular flexibility index (Phi) is 20.8. The second-order valence-electron chi connectivity index (χ2n) is 9.02. The molecule has 1 rings (SSSR count). The second kappa shape index (κ2) is 24.1. The molecule has 41 heavy (non-hydrogen) atoms. The quantitative estimate of drug-likeness (QED) is 0.0603. The van der Waals surface area contributed by atoms with Crippen LogP contribution in [-0.2, 0) is 4.79 Å². The molecule has 0 saturated heterocycles. The summed E-state index contributed by atoms with van der Waals surface area (Å²) in [5, 5.41) is 26.4. The van der Waals surface area contributed by atoms with Crippen molar-refractivity contribution in [1.29, 1.82) is 0 Å². The largest absolute Gasteiger partial charge is 0.507 e. The molecule has 0 aliphatic heterocycles. The van der Waals surface area contributed by atoms with Crippen LogP contribution in [0.3, 0.4) is 0 Å². The van der Waals surface area contributed by atoms with Crippen molar-refractivity contribution in [1.82, 2.24) is 10.6 Å². The Hall–Kier alpha value is -3.72. The number of hydrogen-bond donors (Lipinski definition) is 5. The van der Waals surface area contributed by atoms with Gasteiger partial charge in [-0.25, -0.2) is 9.59 Å². The Labute approximate surface area is 248 Å². The van der Waals surface area contributed by atoms with Gasteiger partial charge in [0, 0.05) is 18.8 Å². The number of hydrogen-bond acceptors (Lipinski definition) is 5. The molecule has 0 fully saturated rings. The van der Waals surface area contributed by atoms with Crippen molar-refractivity contribution in [2.45, 2.75) is 58.3 Å². The second-order valence-corrected chi connectivity index (χ2v) is 10.1. The van der Waals surface area contributed by atoms with Gasteiger partial charge in [0.2, 0.25) is 5.91 Å². The molecule has 0 atom stereocenters. The number of aromatic carboxylic acids is 1. The number of carbonyl (C=O) groups is 3. The molecular weight excluding hydrogens is 538 g/mol. The van der Waals surface area contributed by atoms with E-state index in [2.05, 4.69) is 83.6 Å².